The zero-order valence-corrected chi connectivity index (χ0v) is 35.0. The number of aryl methyl sites for hydroxylation is 1. The molecule has 0 unspecified atom stereocenters. The fourth-order valence-corrected chi connectivity index (χ4v) is 7.57. The highest BCUT2D eigenvalue weighted by atomic mass is 32.2. The summed E-state index contributed by atoms with van der Waals surface area (Å²) in [5.74, 6) is -2.17. The van der Waals surface area contributed by atoms with Crippen molar-refractivity contribution in [2.75, 3.05) is 12.0 Å². The van der Waals surface area contributed by atoms with Gasteiger partial charge in [-0.3, -0.25) is 19.2 Å². The molecule has 0 saturated heterocycles. The molecule has 0 heterocycles. The van der Waals surface area contributed by atoms with Crippen LogP contribution in [-0.4, -0.2) is 79.4 Å². The van der Waals surface area contributed by atoms with Crippen LogP contribution in [0.4, 0.5) is 0 Å². The Bertz CT molecular complexity index is 1590. The van der Waals surface area contributed by atoms with Crippen LogP contribution in [0.15, 0.2) is 59.5 Å². The lowest BCUT2D eigenvalue weighted by Crippen LogP contribution is -2.57. The largest absolute Gasteiger partial charge is 0.391 e. The van der Waals surface area contributed by atoms with Gasteiger partial charge in [-0.1, -0.05) is 96.5 Å². The van der Waals surface area contributed by atoms with Crippen molar-refractivity contribution >= 4 is 45.4 Å². The van der Waals surface area contributed by atoms with Crippen molar-refractivity contribution in [2.45, 2.75) is 123 Å². The third kappa shape index (κ3) is 16.1. The first kappa shape index (κ1) is 46.7. The first-order valence-electron chi connectivity index (χ1n) is 18.8. The molecule has 0 radical (unpaired) electrons. The lowest BCUT2D eigenvalue weighted by molar-refractivity contribution is -0.133. The summed E-state index contributed by atoms with van der Waals surface area (Å²) in [5, 5.41) is 22.9. The molecule has 0 aliphatic carbocycles. The Hall–Kier alpha value is -3.46. The number of benzene rings is 2. The molecule has 0 aromatic heterocycles. The lowest BCUT2D eigenvalue weighted by Gasteiger charge is -2.30. The molecular formula is C40H63N5O7S2. The number of aliphatic hydroxyl groups is 1. The Kier molecular flexibility index (Phi) is 19.7. The number of nitrogens with one attached hydrogen (secondary N) is 5. The molecule has 0 spiro atoms. The van der Waals surface area contributed by atoms with E-state index in [1.165, 1.54) is 23.9 Å². The zero-order chi connectivity index (χ0) is 40.6. The Morgan fingerprint density at radius 3 is 1.87 bits per heavy atom. The molecule has 0 saturated carbocycles. The minimum Gasteiger partial charge on any atom is -0.391 e. The number of hydrogen-bond donors (Lipinski definition) is 6. The van der Waals surface area contributed by atoms with Gasteiger partial charge < -0.3 is 26.4 Å². The van der Waals surface area contributed by atoms with Crippen molar-refractivity contribution in [1.29, 1.82) is 0 Å². The van der Waals surface area contributed by atoms with Crippen LogP contribution in [-0.2, 0) is 35.7 Å². The van der Waals surface area contributed by atoms with Gasteiger partial charge in [-0.05, 0) is 80.1 Å². The topological polar surface area (TPSA) is 183 Å². The Morgan fingerprint density at radius 2 is 1.31 bits per heavy atom. The van der Waals surface area contributed by atoms with Crippen LogP contribution in [0.2, 0.25) is 0 Å². The van der Waals surface area contributed by atoms with Crippen LogP contribution in [0.3, 0.4) is 0 Å². The van der Waals surface area contributed by atoms with Crippen molar-refractivity contribution in [3.63, 3.8) is 0 Å². The van der Waals surface area contributed by atoms with E-state index in [0.717, 1.165) is 11.1 Å². The van der Waals surface area contributed by atoms with Crippen molar-refractivity contribution in [2.24, 2.45) is 23.7 Å². The Labute approximate surface area is 327 Å². The number of carbonyl (C=O) groups is 4. The molecule has 54 heavy (non-hydrogen) atoms. The average molecular weight is 790 g/mol. The smallest absolute Gasteiger partial charge is 0.243 e. The number of amides is 4. The van der Waals surface area contributed by atoms with Crippen molar-refractivity contribution in [3.05, 3.63) is 65.7 Å². The van der Waals surface area contributed by atoms with Crippen molar-refractivity contribution in [3.8, 4) is 0 Å². The summed E-state index contributed by atoms with van der Waals surface area (Å²) in [6, 6.07) is 12.1. The number of carbonyl (C=O) groups excluding carboxylic acids is 4. The van der Waals surface area contributed by atoms with E-state index < -0.39 is 63.9 Å². The minimum atomic E-state index is -4.04. The fraction of sp³-hybridized carbons (Fsp3) is 0.600. The van der Waals surface area contributed by atoms with Crippen LogP contribution in [0, 0.1) is 30.6 Å². The molecule has 14 heteroatoms. The highest BCUT2D eigenvalue weighted by Crippen LogP contribution is 2.18. The molecule has 0 aliphatic heterocycles. The molecule has 2 rings (SSSR count). The maximum atomic E-state index is 13.8. The van der Waals surface area contributed by atoms with Crippen LogP contribution in [0.1, 0.15) is 85.3 Å². The third-order valence-corrected chi connectivity index (χ3v) is 11.1. The van der Waals surface area contributed by atoms with E-state index in [4.69, 9.17) is 0 Å². The van der Waals surface area contributed by atoms with Crippen LogP contribution >= 0.6 is 11.8 Å². The van der Waals surface area contributed by atoms with E-state index in [9.17, 15) is 32.7 Å². The average Bonchev–Trinajstić information content (AvgIpc) is 3.10. The van der Waals surface area contributed by atoms with Crippen molar-refractivity contribution in [1.82, 2.24) is 26.0 Å². The standard InChI is InChI=1S/C40H63N5O7S2/c1-25(2)21-33(35(46)23-29(8)37(47)44-36(27(5)6)40(50)41-24-30-13-11-10-12-14-30)43-38(48)32(19-20-53-9)42-39(49)34(22-26(3)4)45-54(51,52)31-17-15-28(7)16-18-31/h10-18,25-27,29,32-36,45-46H,19-24H2,1-9H3,(H,41,50)(H,42,49)(H,43,48)(H,44,47)/t29-,32+,33+,34+,35+,36+/m1/s1. The molecule has 12 nitrogen and oxygen atoms in total. The lowest BCUT2D eigenvalue weighted by atomic mass is 9.91. The molecule has 6 atom stereocenters. The van der Waals surface area contributed by atoms with E-state index in [2.05, 4.69) is 26.0 Å². The van der Waals surface area contributed by atoms with E-state index in [1.807, 2.05) is 85.1 Å². The quantitative estimate of drug-likeness (QED) is 0.0964. The highest BCUT2D eigenvalue weighted by Gasteiger charge is 2.33. The number of rotatable bonds is 23. The summed E-state index contributed by atoms with van der Waals surface area (Å²) in [7, 11) is -4.04. The molecule has 302 valence electrons. The van der Waals surface area contributed by atoms with Gasteiger partial charge in [0.15, 0.2) is 0 Å². The van der Waals surface area contributed by atoms with E-state index in [-0.39, 0.29) is 47.8 Å². The second-order valence-corrected chi connectivity index (χ2v) is 18.0. The summed E-state index contributed by atoms with van der Waals surface area (Å²) < 4.78 is 29.0. The first-order valence-corrected chi connectivity index (χ1v) is 21.7. The summed E-state index contributed by atoms with van der Waals surface area (Å²) in [6.07, 6.45) is 1.64. The van der Waals surface area contributed by atoms with Crippen LogP contribution < -0.4 is 26.0 Å². The molecule has 2 aromatic carbocycles. The zero-order valence-electron chi connectivity index (χ0n) is 33.3. The molecule has 2 aromatic rings. The monoisotopic (exact) mass is 789 g/mol. The van der Waals surface area contributed by atoms with Crippen LogP contribution in [0.5, 0.6) is 0 Å². The van der Waals surface area contributed by atoms with Crippen LogP contribution in [0.25, 0.3) is 0 Å². The molecule has 0 aliphatic rings. The predicted octanol–water partition coefficient (Wildman–Crippen LogP) is 4.30. The Balaban J connectivity index is 2.16. The second kappa shape index (κ2) is 22.8. The summed E-state index contributed by atoms with van der Waals surface area (Å²) >= 11 is 1.49. The molecular weight excluding hydrogens is 727 g/mol. The van der Waals surface area contributed by atoms with Gasteiger partial charge in [0.25, 0.3) is 0 Å². The summed E-state index contributed by atoms with van der Waals surface area (Å²) in [4.78, 5) is 54.0. The van der Waals surface area contributed by atoms with Gasteiger partial charge in [-0.25, -0.2) is 8.42 Å². The van der Waals surface area contributed by atoms with Gasteiger partial charge in [-0.15, -0.1) is 0 Å². The molecule has 6 N–H and O–H groups in total. The second-order valence-electron chi connectivity index (χ2n) is 15.3. The highest BCUT2D eigenvalue weighted by molar-refractivity contribution is 7.98. The van der Waals surface area contributed by atoms with Gasteiger partial charge in [0.05, 0.1) is 17.0 Å². The summed E-state index contributed by atoms with van der Waals surface area (Å²) in [6.45, 7) is 15.2. The fourth-order valence-electron chi connectivity index (χ4n) is 5.89. The van der Waals surface area contributed by atoms with Gasteiger partial charge in [0.1, 0.15) is 18.1 Å². The number of aliphatic hydroxyl groups excluding tert-OH is 1. The summed E-state index contributed by atoms with van der Waals surface area (Å²) in [5.41, 5.74) is 1.83. The van der Waals surface area contributed by atoms with Gasteiger partial charge in [-0.2, -0.15) is 16.5 Å². The van der Waals surface area contributed by atoms with Gasteiger partial charge in [0.2, 0.25) is 33.7 Å². The SMILES string of the molecule is CSCC[C@H](NC(=O)[C@H](CC(C)C)NS(=O)(=O)c1ccc(C)cc1)C(=O)N[C@@H](CC(C)C)[C@@H](O)C[C@@H](C)C(=O)N[C@H](C(=O)NCc1ccccc1)C(C)C. The third-order valence-electron chi connectivity index (χ3n) is 9.01. The van der Waals surface area contributed by atoms with Crippen molar-refractivity contribution < 1.29 is 32.7 Å². The predicted molar refractivity (Wildman–Crippen MR) is 216 cm³/mol. The maximum Gasteiger partial charge on any atom is 0.243 e. The minimum absolute atomic E-state index is 0.0129. The van der Waals surface area contributed by atoms with E-state index >= 15 is 0 Å². The Morgan fingerprint density at radius 1 is 0.722 bits per heavy atom. The maximum absolute atomic E-state index is 13.8. The first-order chi connectivity index (χ1) is 25.3. The molecule has 4 amide bonds. The van der Waals surface area contributed by atoms with Gasteiger partial charge in [0, 0.05) is 12.5 Å². The van der Waals surface area contributed by atoms with Gasteiger partial charge >= 0.3 is 0 Å². The number of sulfonamides is 1. The number of thioether (sulfide) groups is 1. The van der Waals surface area contributed by atoms with E-state index in [1.54, 1.807) is 19.1 Å². The molecule has 0 bridgehead atoms. The normalized spacial score (nSPS) is 15.2. The number of hydrogen-bond acceptors (Lipinski definition) is 8. The van der Waals surface area contributed by atoms with E-state index in [0.29, 0.717) is 18.7 Å². The molecule has 0 fully saturated rings.